The highest BCUT2D eigenvalue weighted by Gasteiger charge is 2.41. The second-order valence-electron chi connectivity index (χ2n) is 5.99. The monoisotopic (exact) mass is 310 g/mol. The van der Waals surface area contributed by atoms with E-state index in [4.69, 9.17) is 34.8 Å². The van der Waals surface area contributed by atoms with Crippen molar-refractivity contribution in [2.75, 3.05) is 0 Å². The van der Waals surface area contributed by atoms with Crippen LogP contribution in [0.2, 0.25) is 0 Å². The number of rotatable bonds is 2. The van der Waals surface area contributed by atoms with E-state index in [-0.39, 0.29) is 28.0 Å². The van der Waals surface area contributed by atoms with Crippen LogP contribution in [-0.2, 0) is 4.79 Å². The van der Waals surface area contributed by atoms with E-state index in [1.165, 1.54) is 0 Å². The lowest BCUT2D eigenvalue weighted by molar-refractivity contribution is -0.128. The fourth-order valence-electron chi connectivity index (χ4n) is 3.35. The van der Waals surface area contributed by atoms with Crippen molar-refractivity contribution in [1.29, 1.82) is 0 Å². The van der Waals surface area contributed by atoms with Gasteiger partial charge in [-0.3, -0.25) is 4.79 Å². The van der Waals surface area contributed by atoms with Crippen molar-refractivity contribution in [1.82, 2.24) is 0 Å². The summed E-state index contributed by atoms with van der Waals surface area (Å²) in [6.45, 7) is 2.16. The molecular formula is C14H21Cl3O. The molecular weight excluding hydrogens is 291 g/mol. The van der Waals surface area contributed by atoms with E-state index in [9.17, 15) is 4.79 Å². The third kappa shape index (κ3) is 3.35. The van der Waals surface area contributed by atoms with Gasteiger partial charge in [-0.15, -0.1) is 34.8 Å². The van der Waals surface area contributed by atoms with Crippen molar-refractivity contribution in [3.63, 3.8) is 0 Å². The first-order valence-corrected chi connectivity index (χ1v) is 8.26. The number of hydrogen-bond acceptors (Lipinski definition) is 1. The zero-order chi connectivity index (χ0) is 13.3. The van der Waals surface area contributed by atoms with Crippen LogP contribution in [-0.4, -0.2) is 21.9 Å². The zero-order valence-corrected chi connectivity index (χ0v) is 13.0. The molecule has 2 unspecified atom stereocenters. The standard InChI is InChI=1S/C14H21Cl3O/c1-8-6-11(16)13(12(17)7-8)14(18)9-2-4-10(15)5-3-9/h8-13H,2-7H2,1H3. The Hall–Kier alpha value is 0.540. The highest BCUT2D eigenvalue weighted by atomic mass is 35.5. The molecule has 0 spiro atoms. The van der Waals surface area contributed by atoms with E-state index in [0.29, 0.717) is 11.7 Å². The molecule has 0 amide bonds. The minimum Gasteiger partial charge on any atom is -0.299 e. The quantitative estimate of drug-likeness (QED) is 0.680. The average Bonchev–Trinajstić information content (AvgIpc) is 2.28. The predicted molar refractivity (Wildman–Crippen MR) is 77.8 cm³/mol. The maximum atomic E-state index is 12.6. The van der Waals surface area contributed by atoms with Crippen molar-refractivity contribution in [2.24, 2.45) is 17.8 Å². The summed E-state index contributed by atoms with van der Waals surface area (Å²) in [5.41, 5.74) is 0. The van der Waals surface area contributed by atoms with Gasteiger partial charge in [0, 0.05) is 22.0 Å². The molecule has 2 aliphatic carbocycles. The number of ketones is 1. The summed E-state index contributed by atoms with van der Waals surface area (Å²) >= 11 is 18.9. The van der Waals surface area contributed by atoms with Gasteiger partial charge in [-0.1, -0.05) is 6.92 Å². The number of alkyl halides is 3. The van der Waals surface area contributed by atoms with E-state index in [1.807, 2.05) is 0 Å². The molecule has 0 aromatic rings. The number of hydrogen-bond donors (Lipinski definition) is 0. The molecule has 104 valence electrons. The Balaban J connectivity index is 1.99. The van der Waals surface area contributed by atoms with Gasteiger partial charge >= 0.3 is 0 Å². The summed E-state index contributed by atoms with van der Waals surface area (Å²) in [5.74, 6) is 0.811. The Labute approximate surface area is 125 Å². The molecule has 0 radical (unpaired) electrons. The van der Waals surface area contributed by atoms with Gasteiger partial charge in [0.25, 0.3) is 0 Å². The molecule has 2 aliphatic rings. The third-order valence-corrected chi connectivity index (χ3v) is 5.76. The molecule has 0 bridgehead atoms. The number of Topliss-reactive ketones (excluding diaryl/α,β-unsaturated/α-hetero) is 1. The van der Waals surface area contributed by atoms with Crippen molar-refractivity contribution < 1.29 is 4.79 Å². The molecule has 0 aliphatic heterocycles. The molecule has 18 heavy (non-hydrogen) atoms. The van der Waals surface area contributed by atoms with Gasteiger partial charge < -0.3 is 0 Å². The van der Waals surface area contributed by atoms with E-state index in [1.54, 1.807) is 0 Å². The van der Waals surface area contributed by atoms with Crippen LogP contribution in [0.5, 0.6) is 0 Å². The lowest BCUT2D eigenvalue weighted by Gasteiger charge is -2.37. The first kappa shape index (κ1) is 14.9. The summed E-state index contributed by atoms with van der Waals surface area (Å²) in [5, 5.41) is 0.0778. The molecule has 1 nitrogen and oxygen atoms in total. The van der Waals surface area contributed by atoms with E-state index in [2.05, 4.69) is 6.92 Å². The van der Waals surface area contributed by atoms with Crippen LogP contribution < -0.4 is 0 Å². The Bertz CT molecular complexity index is 287. The Kier molecular flexibility index (Phi) is 5.25. The van der Waals surface area contributed by atoms with Crippen LogP contribution in [0.4, 0.5) is 0 Å². The number of halogens is 3. The maximum Gasteiger partial charge on any atom is 0.141 e. The normalized spacial score (nSPS) is 45.8. The van der Waals surface area contributed by atoms with Crippen molar-refractivity contribution in [2.45, 2.75) is 61.6 Å². The van der Waals surface area contributed by atoms with Gasteiger partial charge in [0.2, 0.25) is 0 Å². The Morgan fingerprint density at radius 3 is 1.94 bits per heavy atom. The number of carbonyl (C=O) groups is 1. The molecule has 2 saturated carbocycles. The fraction of sp³-hybridized carbons (Fsp3) is 0.929. The Morgan fingerprint density at radius 1 is 0.944 bits per heavy atom. The summed E-state index contributed by atoms with van der Waals surface area (Å²) < 4.78 is 0. The average molecular weight is 312 g/mol. The summed E-state index contributed by atoms with van der Waals surface area (Å²) in [6, 6.07) is 0. The van der Waals surface area contributed by atoms with Gasteiger partial charge in [-0.2, -0.15) is 0 Å². The summed E-state index contributed by atoms with van der Waals surface area (Å²) in [7, 11) is 0. The van der Waals surface area contributed by atoms with Gasteiger partial charge in [-0.05, 0) is 44.4 Å². The molecule has 0 heterocycles. The summed E-state index contributed by atoms with van der Waals surface area (Å²) in [4.78, 5) is 12.6. The van der Waals surface area contributed by atoms with Crippen LogP contribution in [0.25, 0.3) is 0 Å². The SMILES string of the molecule is CC1CC(Cl)C(C(=O)C2CCC(Cl)CC2)C(Cl)C1. The van der Waals surface area contributed by atoms with E-state index < -0.39 is 0 Å². The maximum absolute atomic E-state index is 12.6. The fourth-order valence-corrected chi connectivity index (χ4v) is 4.89. The third-order valence-electron chi connectivity index (χ3n) is 4.42. The molecule has 2 atom stereocenters. The van der Waals surface area contributed by atoms with Gasteiger partial charge in [-0.25, -0.2) is 0 Å². The second-order valence-corrected chi connectivity index (χ2v) is 7.72. The van der Waals surface area contributed by atoms with Crippen LogP contribution in [0.1, 0.15) is 45.4 Å². The van der Waals surface area contributed by atoms with E-state index >= 15 is 0 Å². The largest absolute Gasteiger partial charge is 0.299 e. The van der Waals surface area contributed by atoms with Crippen LogP contribution in [0.3, 0.4) is 0 Å². The second kappa shape index (κ2) is 6.33. The van der Waals surface area contributed by atoms with Crippen molar-refractivity contribution in [3.8, 4) is 0 Å². The first-order valence-electron chi connectivity index (χ1n) is 6.95. The molecule has 2 rings (SSSR count). The molecule has 0 aromatic heterocycles. The van der Waals surface area contributed by atoms with Crippen molar-refractivity contribution >= 4 is 40.6 Å². The van der Waals surface area contributed by atoms with Crippen LogP contribution >= 0.6 is 34.8 Å². The summed E-state index contributed by atoms with van der Waals surface area (Å²) in [6.07, 6.45) is 5.53. The molecule has 0 N–H and O–H groups in total. The highest BCUT2D eigenvalue weighted by molar-refractivity contribution is 6.26. The lowest BCUT2D eigenvalue weighted by Crippen LogP contribution is -2.42. The molecule has 2 fully saturated rings. The predicted octanol–water partition coefficient (Wildman–Crippen LogP) is 4.61. The Morgan fingerprint density at radius 2 is 1.44 bits per heavy atom. The molecule has 0 saturated heterocycles. The van der Waals surface area contributed by atoms with Crippen molar-refractivity contribution in [3.05, 3.63) is 0 Å². The van der Waals surface area contributed by atoms with Crippen LogP contribution in [0, 0.1) is 17.8 Å². The number of carbonyl (C=O) groups excluding carboxylic acids is 1. The zero-order valence-electron chi connectivity index (χ0n) is 10.7. The van der Waals surface area contributed by atoms with Gasteiger partial charge in [0.1, 0.15) is 5.78 Å². The smallest absolute Gasteiger partial charge is 0.141 e. The minimum absolute atomic E-state index is 0.0857. The topological polar surface area (TPSA) is 17.1 Å². The highest BCUT2D eigenvalue weighted by Crippen LogP contribution is 2.40. The molecule has 0 aromatic carbocycles. The molecule has 4 heteroatoms. The van der Waals surface area contributed by atoms with Gasteiger partial charge in [0.15, 0.2) is 0 Å². The minimum atomic E-state index is -0.151. The van der Waals surface area contributed by atoms with E-state index in [0.717, 1.165) is 38.5 Å². The lowest BCUT2D eigenvalue weighted by atomic mass is 9.74. The first-order chi connectivity index (χ1) is 8.49. The van der Waals surface area contributed by atoms with Gasteiger partial charge in [0.05, 0.1) is 5.92 Å². The van der Waals surface area contributed by atoms with Crippen LogP contribution in [0.15, 0.2) is 0 Å².